The van der Waals surface area contributed by atoms with Gasteiger partial charge < -0.3 is 15.7 Å². The first-order valence-corrected chi connectivity index (χ1v) is 6.89. The first-order valence-electron chi connectivity index (χ1n) is 6.51. The molecule has 4 heteroatoms. The molecule has 0 amide bonds. The third kappa shape index (κ3) is 3.44. The van der Waals surface area contributed by atoms with Crippen LogP contribution in [0.5, 0.6) is 5.75 Å². The van der Waals surface area contributed by atoms with Crippen LogP contribution in [0.1, 0.15) is 24.1 Å². The third-order valence-electron chi connectivity index (χ3n) is 3.28. The number of nitrogens with two attached hydrogens (primary N) is 1. The zero-order chi connectivity index (χ0) is 14.7. The first kappa shape index (κ1) is 14.7. The van der Waals surface area contributed by atoms with Crippen molar-refractivity contribution >= 4 is 17.3 Å². The lowest BCUT2D eigenvalue weighted by Crippen LogP contribution is -2.16. The molecule has 0 spiro atoms. The third-order valence-corrected chi connectivity index (χ3v) is 3.53. The number of rotatable bonds is 4. The summed E-state index contributed by atoms with van der Waals surface area (Å²) in [6.45, 7) is 2.60. The van der Waals surface area contributed by atoms with E-state index in [-0.39, 0.29) is 11.8 Å². The second-order valence-corrected chi connectivity index (χ2v) is 5.45. The number of hydrogen-bond donors (Lipinski definition) is 2. The molecule has 0 aromatic heterocycles. The lowest BCUT2D eigenvalue weighted by molar-refractivity contribution is 0.464. The molecule has 0 saturated heterocycles. The molecule has 2 rings (SSSR count). The number of anilines is 1. The van der Waals surface area contributed by atoms with Crippen LogP contribution in [0, 0.1) is 0 Å². The minimum Gasteiger partial charge on any atom is -0.508 e. The van der Waals surface area contributed by atoms with E-state index in [1.165, 1.54) is 0 Å². The Morgan fingerprint density at radius 1 is 1.20 bits per heavy atom. The summed E-state index contributed by atoms with van der Waals surface area (Å²) in [6, 6.07) is 13.1. The topological polar surface area (TPSA) is 49.5 Å². The fourth-order valence-electron chi connectivity index (χ4n) is 2.11. The lowest BCUT2D eigenvalue weighted by Gasteiger charge is -2.21. The van der Waals surface area contributed by atoms with Crippen molar-refractivity contribution in [2.45, 2.75) is 19.5 Å². The van der Waals surface area contributed by atoms with Gasteiger partial charge in [0.25, 0.3) is 0 Å². The zero-order valence-electron chi connectivity index (χ0n) is 11.7. The van der Waals surface area contributed by atoms with Gasteiger partial charge in [-0.2, -0.15) is 0 Å². The summed E-state index contributed by atoms with van der Waals surface area (Å²) >= 11 is 5.87. The number of hydrogen-bond acceptors (Lipinski definition) is 3. The van der Waals surface area contributed by atoms with E-state index in [1.54, 1.807) is 6.07 Å². The van der Waals surface area contributed by atoms with Gasteiger partial charge >= 0.3 is 0 Å². The molecule has 2 aromatic carbocycles. The van der Waals surface area contributed by atoms with Gasteiger partial charge in [-0.15, -0.1) is 0 Å². The van der Waals surface area contributed by atoms with Gasteiger partial charge in [0.1, 0.15) is 5.75 Å². The maximum atomic E-state index is 9.99. The van der Waals surface area contributed by atoms with Crippen molar-refractivity contribution in [3.05, 3.63) is 58.6 Å². The predicted molar refractivity (Wildman–Crippen MR) is 84.3 cm³/mol. The van der Waals surface area contributed by atoms with Gasteiger partial charge in [-0.1, -0.05) is 29.8 Å². The van der Waals surface area contributed by atoms with Gasteiger partial charge in [0.05, 0.1) is 0 Å². The van der Waals surface area contributed by atoms with Crippen molar-refractivity contribution in [1.29, 1.82) is 0 Å². The van der Waals surface area contributed by atoms with Crippen LogP contribution in [-0.4, -0.2) is 12.2 Å². The van der Waals surface area contributed by atoms with Crippen molar-refractivity contribution in [3.63, 3.8) is 0 Å². The largest absolute Gasteiger partial charge is 0.508 e. The molecule has 1 atom stereocenters. The Hall–Kier alpha value is -1.71. The van der Waals surface area contributed by atoms with Gasteiger partial charge in [-0.3, -0.25) is 0 Å². The Balaban J connectivity index is 2.15. The molecule has 20 heavy (non-hydrogen) atoms. The molecule has 0 bridgehead atoms. The Bertz CT molecular complexity index is 582. The molecule has 3 nitrogen and oxygen atoms in total. The van der Waals surface area contributed by atoms with Crippen LogP contribution >= 0.6 is 11.6 Å². The highest BCUT2D eigenvalue weighted by molar-refractivity contribution is 6.30. The van der Waals surface area contributed by atoms with E-state index >= 15 is 0 Å². The lowest BCUT2D eigenvalue weighted by atomic mass is 10.1. The zero-order valence-corrected chi connectivity index (χ0v) is 12.4. The molecule has 1 unspecified atom stereocenters. The molecule has 106 valence electrons. The number of aromatic hydroxyl groups is 1. The maximum Gasteiger partial charge on any atom is 0.122 e. The minimum atomic E-state index is -0.175. The molecule has 3 N–H and O–H groups in total. The maximum absolute atomic E-state index is 9.99. The van der Waals surface area contributed by atoms with Crippen LogP contribution in [0.2, 0.25) is 5.02 Å². The molecule has 0 aliphatic heterocycles. The van der Waals surface area contributed by atoms with Crippen molar-refractivity contribution < 1.29 is 5.11 Å². The highest BCUT2D eigenvalue weighted by Gasteiger charge is 2.09. The SMILES string of the molecule is CC(N)c1ccc(N(C)Cc2ccc(Cl)cc2)cc1O. The molecule has 2 aromatic rings. The predicted octanol–water partition coefficient (Wildman–Crippen LogP) is 3.70. The Morgan fingerprint density at radius 2 is 1.85 bits per heavy atom. The van der Waals surface area contributed by atoms with E-state index in [9.17, 15) is 5.11 Å². The van der Waals surface area contributed by atoms with Crippen LogP contribution in [0.15, 0.2) is 42.5 Å². The van der Waals surface area contributed by atoms with Crippen LogP contribution < -0.4 is 10.6 Å². The number of nitrogens with zero attached hydrogens (tertiary/aromatic N) is 1. The first-order chi connectivity index (χ1) is 9.47. The van der Waals surface area contributed by atoms with Crippen molar-refractivity contribution in [1.82, 2.24) is 0 Å². The van der Waals surface area contributed by atoms with Gasteiger partial charge in [0.15, 0.2) is 0 Å². The molecule has 0 aliphatic carbocycles. The van der Waals surface area contributed by atoms with E-state index in [4.69, 9.17) is 17.3 Å². The number of benzene rings is 2. The van der Waals surface area contributed by atoms with E-state index in [0.29, 0.717) is 0 Å². The second-order valence-electron chi connectivity index (χ2n) is 5.01. The molecule has 0 radical (unpaired) electrons. The van der Waals surface area contributed by atoms with Crippen LogP contribution in [-0.2, 0) is 6.54 Å². The highest BCUT2D eigenvalue weighted by atomic mass is 35.5. The average Bonchev–Trinajstić information content (AvgIpc) is 2.40. The van der Waals surface area contributed by atoms with Crippen molar-refractivity contribution in [2.24, 2.45) is 5.73 Å². The number of phenolic OH excluding ortho intramolecular Hbond substituents is 1. The Kier molecular flexibility index (Phi) is 4.53. The van der Waals surface area contributed by atoms with Crippen molar-refractivity contribution in [2.75, 3.05) is 11.9 Å². The summed E-state index contributed by atoms with van der Waals surface area (Å²) in [5.74, 6) is 0.237. The van der Waals surface area contributed by atoms with Crippen LogP contribution in [0.3, 0.4) is 0 Å². The van der Waals surface area contributed by atoms with Crippen molar-refractivity contribution in [3.8, 4) is 5.75 Å². The number of halogens is 1. The molecule has 0 saturated carbocycles. The summed E-state index contributed by atoms with van der Waals surface area (Å²) in [5, 5.41) is 10.7. The van der Waals surface area contributed by atoms with E-state index in [1.807, 2.05) is 50.4 Å². The summed E-state index contributed by atoms with van der Waals surface area (Å²) < 4.78 is 0. The Morgan fingerprint density at radius 3 is 2.40 bits per heavy atom. The van der Waals surface area contributed by atoms with Gasteiger partial charge in [0.2, 0.25) is 0 Å². The summed E-state index contributed by atoms with van der Waals surface area (Å²) in [5.41, 5.74) is 8.66. The summed E-state index contributed by atoms with van der Waals surface area (Å²) in [7, 11) is 1.98. The highest BCUT2D eigenvalue weighted by Crippen LogP contribution is 2.28. The monoisotopic (exact) mass is 290 g/mol. The quantitative estimate of drug-likeness (QED) is 0.902. The molecule has 0 heterocycles. The normalized spacial score (nSPS) is 12.2. The number of phenols is 1. The van der Waals surface area contributed by atoms with E-state index < -0.39 is 0 Å². The van der Waals surface area contributed by atoms with Crippen LogP contribution in [0.25, 0.3) is 0 Å². The van der Waals surface area contributed by atoms with Crippen LogP contribution in [0.4, 0.5) is 5.69 Å². The molecule has 0 fully saturated rings. The standard InChI is InChI=1S/C16H19ClN2O/c1-11(18)15-8-7-14(9-16(15)20)19(2)10-12-3-5-13(17)6-4-12/h3-9,11,20H,10,18H2,1-2H3. The summed E-state index contributed by atoms with van der Waals surface area (Å²) in [4.78, 5) is 2.06. The smallest absolute Gasteiger partial charge is 0.122 e. The van der Waals surface area contributed by atoms with Gasteiger partial charge in [0, 0.05) is 42.0 Å². The minimum absolute atomic E-state index is 0.175. The fraction of sp³-hybridized carbons (Fsp3) is 0.250. The Labute approximate surface area is 124 Å². The van der Waals surface area contributed by atoms with Gasteiger partial charge in [-0.25, -0.2) is 0 Å². The summed E-state index contributed by atoms with van der Waals surface area (Å²) in [6.07, 6.45) is 0. The second kappa shape index (κ2) is 6.16. The van der Waals surface area contributed by atoms with Gasteiger partial charge in [-0.05, 0) is 30.7 Å². The fourth-order valence-corrected chi connectivity index (χ4v) is 2.24. The van der Waals surface area contributed by atoms with E-state index in [2.05, 4.69) is 4.90 Å². The van der Waals surface area contributed by atoms with E-state index in [0.717, 1.165) is 28.4 Å². The molecular formula is C16H19ClN2O. The molecular weight excluding hydrogens is 272 g/mol. The molecule has 0 aliphatic rings. The average molecular weight is 291 g/mol.